The second kappa shape index (κ2) is 9.71. The summed E-state index contributed by atoms with van der Waals surface area (Å²) in [6, 6.07) is 15.5. The van der Waals surface area contributed by atoms with Crippen molar-refractivity contribution >= 4 is 39.5 Å². The SMILES string of the molecule is CCOC(=O)c1cc2c(=O)n3ccccc3nc2n(C[C@H]2CCCO2)c1=NC(=O)c1cc2ccccc2o1. The standard InChI is InChI=1S/C28H24N4O6/c1-2-36-28(35)20-15-19-24(29-23-11-5-6-12-31(23)27(19)34)32(16-18-9-7-13-37-18)25(20)30-26(33)22-14-17-8-3-4-10-21(17)38-22/h3-6,8,10-12,14-15,18H,2,7,9,13,16H2,1H3/t18-/m1/s1. The maximum atomic E-state index is 13.5. The molecule has 5 heterocycles. The van der Waals surface area contributed by atoms with E-state index in [9.17, 15) is 14.4 Å². The first-order valence-corrected chi connectivity index (χ1v) is 12.4. The van der Waals surface area contributed by atoms with Crippen LogP contribution in [0, 0.1) is 0 Å². The topological polar surface area (TPSA) is 117 Å². The van der Waals surface area contributed by atoms with Gasteiger partial charge in [-0.2, -0.15) is 4.99 Å². The van der Waals surface area contributed by atoms with E-state index in [-0.39, 0.29) is 47.0 Å². The fourth-order valence-corrected chi connectivity index (χ4v) is 4.76. The summed E-state index contributed by atoms with van der Waals surface area (Å²) in [5.74, 6) is -1.36. The summed E-state index contributed by atoms with van der Waals surface area (Å²) >= 11 is 0. The number of carbonyl (C=O) groups is 2. The Morgan fingerprint density at radius 1 is 1.16 bits per heavy atom. The molecule has 5 aromatic rings. The van der Waals surface area contributed by atoms with E-state index >= 15 is 0 Å². The average Bonchev–Trinajstić information content (AvgIpc) is 3.60. The Morgan fingerprint density at radius 3 is 2.79 bits per heavy atom. The van der Waals surface area contributed by atoms with Gasteiger partial charge < -0.3 is 18.5 Å². The van der Waals surface area contributed by atoms with Crippen molar-refractivity contribution in [3.63, 3.8) is 0 Å². The molecule has 0 radical (unpaired) electrons. The van der Waals surface area contributed by atoms with Gasteiger partial charge in [-0.15, -0.1) is 0 Å². The third-order valence-corrected chi connectivity index (χ3v) is 6.54. The molecule has 0 N–H and O–H groups in total. The number of rotatable bonds is 5. The van der Waals surface area contributed by atoms with Gasteiger partial charge in [0.05, 0.1) is 24.6 Å². The number of para-hydroxylation sites is 1. The van der Waals surface area contributed by atoms with Crippen LogP contribution in [0.5, 0.6) is 0 Å². The first kappa shape index (κ1) is 23.8. The molecule has 4 aromatic heterocycles. The molecule has 1 aromatic carbocycles. The van der Waals surface area contributed by atoms with Gasteiger partial charge in [-0.25, -0.2) is 9.78 Å². The van der Waals surface area contributed by atoms with Crippen LogP contribution >= 0.6 is 0 Å². The van der Waals surface area contributed by atoms with Crippen molar-refractivity contribution in [1.82, 2.24) is 14.0 Å². The van der Waals surface area contributed by atoms with Crippen molar-refractivity contribution in [1.29, 1.82) is 0 Å². The molecule has 1 aliphatic heterocycles. The number of furan rings is 1. The third kappa shape index (κ3) is 4.18. The maximum absolute atomic E-state index is 13.5. The number of benzene rings is 1. The van der Waals surface area contributed by atoms with Gasteiger partial charge in [0.25, 0.3) is 5.56 Å². The zero-order valence-electron chi connectivity index (χ0n) is 20.6. The number of fused-ring (bicyclic) bond motifs is 3. The minimum absolute atomic E-state index is 0.0170. The van der Waals surface area contributed by atoms with Crippen molar-refractivity contribution in [2.24, 2.45) is 4.99 Å². The van der Waals surface area contributed by atoms with E-state index in [4.69, 9.17) is 18.9 Å². The van der Waals surface area contributed by atoms with E-state index < -0.39 is 11.9 Å². The highest BCUT2D eigenvalue weighted by Gasteiger charge is 2.24. The monoisotopic (exact) mass is 512 g/mol. The zero-order chi connectivity index (χ0) is 26.2. The first-order valence-electron chi connectivity index (χ1n) is 12.4. The maximum Gasteiger partial charge on any atom is 0.341 e. The molecule has 10 nitrogen and oxygen atoms in total. The molecular weight excluding hydrogens is 488 g/mol. The predicted octanol–water partition coefficient (Wildman–Crippen LogP) is 3.49. The molecule has 1 saturated heterocycles. The zero-order valence-corrected chi connectivity index (χ0v) is 20.6. The number of hydrogen-bond acceptors (Lipinski definition) is 7. The van der Waals surface area contributed by atoms with E-state index in [1.807, 2.05) is 18.2 Å². The Hall–Kier alpha value is -4.57. The summed E-state index contributed by atoms with van der Waals surface area (Å²) < 4.78 is 19.9. The van der Waals surface area contributed by atoms with Gasteiger partial charge in [0.1, 0.15) is 22.4 Å². The Bertz CT molecular complexity index is 1810. The van der Waals surface area contributed by atoms with Crippen LogP contribution in [0.1, 0.15) is 40.7 Å². The molecule has 1 aliphatic rings. The van der Waals surface area contributed by atoms with E-state index in [0.717, 1.165) is 18.2 Å². The number of nitrogens with zero attached hydrogens (tertiary/aromatic N) is 4. The predicted molar refractivity (Wildman–Crippen MR) is 138 cm³/mol. The van der Waals surface area contributed by atoms with Crippen LogP contribution in [0.4, 0.5) is 0 Å². The lowest BCUT2D eigenvalue weighted by atomic mass is 10.2. The Balaban J connectivity index is 1.66. The van der Waals surface area contributed by atoms with Crippen LogP contribution in [-0.4, -0.2) is 45.1 Å². The van der Waals surface area contributed by atoms with Gasteiger partial charge in [-0.05, 0) is 50.1 Å². The van der Waals surface area contributed by atoms with E-state index in [1.165, 1.54) is 10.5 Å². The highest BCUT2D eigenvalue weighted by atomic mass is 16.5. The smallest absolute Gasteiger partial charge is 0.341 e. The number of esters is 1. The molecule has 0 saturated carbocycles. The molecule has 1 fully saturated rings. The van der Waals surface area contributed by atoms with Crippen LogP contribution in [0.3, 0.4) is 0 Å². The third-order valence-electron chi connectivity index (χ3n) is 6.54. The summed E-state index contributed by atoms with van der Waals surface area (Å²) in [7, 11) is 0. The van der Waals surface area contributed by atoms with Crippen LogP contribution in [0.15, 0.2) is 75.0 Å². The Kier molecular flexibility index (Phi) is 6.09. The fraction of sp³-hybridized carbons (Fsp3) is 0.250. The fourth-order valence-electron chi connectivity index (χ4n) is 4.76. The van der Waals surface area contributed by atoms with Crippen LogP contribution in [0.2, 0.25) is 0 Å². The summed E-state index contributed by atoms with van der Waals surface area (Å²) in [4.78, 5) is 49.1. The normalized spacial score (nSPS) is 16.0. The molecule has 0 spiro atoms. The highest BCUT2D eigenvalue weighted by Crippen LogP contribution is 2.20. The second-order valence-electron chi connectivity index (χ2n) is 9.00. The van der Waals surface area contributed by atoms with E-state index in [0.29, 0.717) is 23.5 Å². The summed E-state index contributed by atoms with van der Waals surface area (Å²) in [5, 5.41) is 0.952. The molecule has 1 atom stereocenters. The van der Waals surface area contributed by atoms with Gasteiger partial charge in [-0.3, -0.25) is 14.0 Å². The lowest BCUT2D eigenvalue weighted by Gasteiger charge is -2.17. The van der Waals surface area contributed by atoms with Crippen molar-refractivity contribution in [3.05, 3.63) is 88.0 Å². The van der Waals surface area contributed by atoms with Crippen LogP contribution in [-0.2, 0) is 16.0 Å². The molecule has 0 aliphatic carbocycles. The molecule has 6 rings (SSSR count). The van der Waals surface area contributed by atoms with Gasteiger partial charge in [-0.1, -0.05) is 24.3 Å². The molecule has 1 amide bonds. The van der Waals surface area contributed by atoms with Crippen molar-refractivity contribution in [2.75, 3.05) is 13.2 Å². The number of hydrogen-bond donors (Lipinski definition) is 0. The van der Waals surface area contributed by atoms with Gasteiger partial charge >= 0.3 is 11.9 Å². The molecule has 192 valence electrons. The van der Waals surface area contributed by atoms with Gasteiger partial charge in [0.2, 0.25) is 0 Å². The number of aromatic nitrogens is 3. The summed E-state index contributed by atoms with van der Waals surface area (Å²) in [5.41, 5.74) is 0.919. The molecule has 38 heavy (non-hydrogen) atoms. The second-order valence-corrected chi connectivity index (χ2v) is 9.00. The first-order chi connectivity index (χ1) is 18.5. The lowest BCUT2D eigenvalue weighted by molar-refractivity contribution is 0.0521. The molecular formula is C28H24N4O6. The summed E-state index contributed by atoms with van der Waals surface area (Å²) in [6.45, 7) is 2.63. The Labute approximate surface area is 215 Å². The van der Waals surface area contributed by atoms with E-state index in [2.05, 4.69) is 4.99 Å². The number of pyridine rings is 2. The minimum atomic E-state index is -0.704. The number of amides is 1. The highest BCUT2D eigenvalue weighted by molar-refractivity contribution is 5.98. The Morgan fingerprint density at radius 2 is 2.00 bits per heavy atom. The largest absolute Gasteiger partial charge is 0.462 e. The number of carbonyl (C=O) groups excluding carboxylic acids is 2. The van der Waals surface area contributed by atoms with Crippen molar-refractivity contribution in [2.45, 2.75) is 32.4 Å². The van der Waals surface area contributed by atoms with E-state index in [1.54, 1.807) is 48.0 Å². The quantitative estimate of drug-likeness (QED) is 0.261. The molecule has 0 unspecified atom stereocenters. The molecule has 10 heteroatoms. The lowest BCUT2D eigenvalue weighted by Crippen LogP contribution is -2.35. The van der Waals surface area contributed by atoms with Gasteiger partial charge in [0, 0.05) is 18.2 Å². The van der Waals surface area contributed by atoms with Crippen molar-refractivity contribution in [3.8, 4) is 0 Å². The van der Waals surface area contributed by atoms with Gasteiger partial charge in [0.15, 0.2) is 11.2 Å². The molecule has 0 bridgehead atoms. The van der Waals surface area contributed by atoms with Crippen molar-refractivity contribution < 1.29 is 23.5 Å². The summed E-state index contributed by atoms with van der Waals surface area (Å²) in [6.07, 6.45) is 3.07. The minimum Gasteiger partial charge on any atom is -0.462 e. The van der Waals surface area contributed by atoms with Crippen LogP contribution < -0.4 is 11.0 Å². The number of ether oxygens (including phenoxy) is 2. The average molecular weight is 513 g/mol. The van der Waals surface area contributed by atoms with Crippen LogP contribution in [0.25, 0.3) is 27.6 Å².